The van der Waals surface area contributed by atoms with E-state index in [2.05, 4.69) is 36.1 Å². The minimum Gasteiger partial charge on any atom is -0.497 e. The Morgan fingerprint density at radius 1 is 1.10 bits per heavy atom. The first-order valence-electron chi connectivity index (χ1n) is 10.8. The van der Waals surface area contributed by atoms with Crippen molar-refractivity contribution in [1.29, 1.82) is 0 Å². The molecule has 0 saturated carbocycles. The Balaban J connectivity index is 2.15. The average molecular weight is 430 g/mol. The Hall–Kier alpha value is -2.47. The summed E-state index contributed by atoms with van der Waals surface area (Å²) >= 11 is 6.52. The first-order chi connectivity index (χ1) is 14.6. The Bertz CT molecular complexity index is 966. The lowest BCUT2D eigenvalue weighted by Gasteiger charge is -2.28. The molecule has 0 spiro atoms. The summed E-state index contributed by atoms with van der Waals surface area (Å²) in [4.78, 5) is 7.34. The van der Waals surface area contributed by atoms with Crippen LogP contribution in [0.5, 0.6) is 5.75 Å². The van der Waals surface area contributed by atoms with Crippen LogP contribution in [0.3, 0.4) is 0 Å². The number of methoxy groups -OCH3 is 1. The van der Waals surface area contributed by atoms with Crippen LogP contribution in [0.1, 0.15) is 52.0 Å². The monoisotopic (exact) mass is 429 g/mol. The maximum Gasteiger partial charge on any atom is 0.159 e. The highest BCUT2D eigenvalue weighted by Crippen LogP contribution is 2.34. The lowest BCUT2D eigenvalue weighted by Crippen LogP contribution is -2.29. The second kappa shape index (κ2) is 10.5. The van der Waals surface area contributed by atoms with Crippen LogP contribution < -0.4 is 15.0 Å². The number of fused-ring (bicyclic) bond motifs is 1. The minimum atomic E-state index is 0.603. The van der Waals surface area contributed by atoms with Crippen molar-refractivity contribution in [2.75, 3.05) is 30.4 Å². The van der Waals surface area contributed by atoms with E-state index in [4.69, 9.17) is 21.3 Å². The molecule has 1 aromatic carbocycles. The Morgan fingerprint density at radius 2 is 1.87 bits per heavy atom. The zero-order valence-corrected chi connectivity index (χ0v) is 19.2. The standard InChI is InChI=1S/C23H32ClN5O/c1-5-8-9-18-22(26-20-11-10-17(30-4)16-19(20)24)27-21-12-13-25-29(21)23(18)28(14-6-2)15-7-3/h10-13,16H,5-9,14-15H2,1-4H3,(H,26,27). The van der Waals surface area contributed by atoms with Gasteiger partial charge in [-0.15, -0.1) is 0 Å². The summed E-state index contributed by atoms with van der Waals surface area (Å²) in [5.74, 6) is 2.71. The fourth-order valence-corrected chi connectivity index (χ4v) is 3.90. The van der Waals surface area contributed by atoms with Gasteiger partial charge in [0.05, 0.1) is 24.0 Å². The van der Waals surface area contributed by atoms with Crippen molar-refractivity contribution >= 4 is 34.6 Å². The summed E-state index contributed by atoms with van der Waals surface area (Å²) < 4.78 is 7.27. The minimum absolute atomic E-state index is 0.603. The third-order valence-corrected chi connectivity index (χ3v) is 5.41. The summed E-state index contributed by atoms with van der Waals surface area (Å²) in [5.41, 5.74) is 2.83. The summed E-state index contributed by atoms with van der Waals surface area (Å²) in [6, 6.07) is 7.60. The number of hydrogen-bond donors (Lipinski definition) is 1. The molecule has 1 N–H and O–H groups in total. The zero-order valence-electron chi connectivity index (χ0n) is 18.4. The summed E-state index contributed by atoms with van der Waals surface area (Å²) in [5, 5.41) is 8.70. The van der Waals surface area contributed by atoms with Crippen LogP contribution in [0.4, 0.5) is 17.3 Å². The molecule has 162 valence electrons. The lowest BCUT2D eigenvalue weighted by molar-refractivity contribution is 0.415. The molecule has 30 heavy (non-hydrogen) atoms. The van der Waals surface area contributed by atoms with Gasteiger partial charge in [-0.3, -0.25) is 0 Å². The van der Waals surface area contributed by atoms with Gasteiger partial charge >= 0.3 is 0 Å². The molecule has 0 saturated heterocycles. The molecule has 2 heterocycles. The van der Waals surface area contributed by atoms with Crippen molar-refractivity contribution in [1.82, 2.24) is 14.6 Å². The van der Waals surface area contributed by atoms with Crippen LogP contribution >= 0.6 is 11.6 Å². The SMILES string of the molecule is CCCCc1c(Nc2ccc(OC)cc2Cl)nc2ccnn2c1N(CCC)CCC. The van der Waals surface area contributed by atoms with E-state index in [1.54, 1.807) is 7.11 Å². The normalized spacial score (nSPS) is 11.1. The second-order valence-electron chi connectivity index (χ2n) is 7.43. The van der Waals surface area contributed by atoms with E-state index in [-0.39, 0.29) is 0 Å². The molecule has 3 aromatic rings. The lowest BCUT2D eigenvalue weighted by atomic mass is 10.1. The second-order valence-corrected chi connectivity index (χ2v) is 7.83. The van der Waals surface area contributed by atoms with Crippen LogP contribution in [0.25, 0.3) is 5.65 Å². The molecule has 0 aliphatic rings. The van der Waals surface area contributed by atoms with E-state index >= 15 is 0 Å². The van der Waals surface area contributed by atoms with E-state index in [0.29, 0.717) is 5.02 Å². The number of benzene rings is 1. The van der Waals surface area contributed by atoms with Gasteiger partial charge < -0.3 is 15.0 Å². The van der Waals surface area contributed by atoms with Crippen molar-refractivity contribution in [2.24, 2.45) is 0 Å². The molecule has 6 nitrogen and oxygen atoms in total. The van der Waals surface area contributed by atoms with E-state index < -0.39 is 0 Å². The molecule has 3 rings (SSSR count). The molecule has 0 atom stereocenters. The smallest absolute Gasteiger partial charge is 0.159 e. The molecule has 0 radical (unpaired) electrons. The third-order valence-electron chi connectivity index (χ3n) is 5.10. The van der Waals surface area contributed by atoms with Gasteiger partial charge in [-0.1, -0.05) is 38.8 Å². The Labute approximate surface area is 184 Å². The average Bonchev–Trinajstić information content (AvgIpc) is 3.21. The van der Waals surface area contributed by atoms with Gasteiger partial charge in [0.15, 0.2) is 5.65 Å². The molecular weight excluding hydrogens is 398 g/mol. The quantitative estimate of drug-likeness (QED) is 0.398. The number of anilines is 3. The van der Waals surface area contributed by atoms with E-state index in [1.165, 1.54) is 5.56 Å². The van der Waals surface area contributed by atoms with Crippen molar-refractivity contribution in [3.05, 3.63) is 41.0 Å². The van der Waals surface area contributed by atoms with E-state index in [0.717, 1.165) is 73.9 Å². The number of aromatic nitrogens is 3. The van der Waals surface area contributed by atoms with Crippen LogP contribution in [0.2, 0.25) is 5.02 Å². The molecular formula is C23H32ClN5O. The van der Waals surface area contributed by atoms with E-state index in [1.807, 2.05) is 35.0 Å². The van der Waals surface area contributed by atoms with Crippen LogP contribution in [0, 0.1) is 0 Å². The van der Waals surface area contributed by atoms with Gasteiger partial charge in [0, 0.05) is 30.8 Å². The van der Waals surface area contributed by atoms with Gasteiger partial charge in [-0.25, -0.2) is 4.98 Å². The van der Waals surface area contributed by atoms with Crippen LogP contribution in [0.15, 0.2) is 30.5 Å². The first-order valence-corrected chi connectivity index (χ1v) is 11.2. The van der Waals surface area contributed by atoms with Crippen LogP contribution in [-0.4, -0.2) is 34.8 Å². The summed E-state index contributed by atoms with van der Waals surface area (Å²) in [6.07, 6.45) is 7.08. The number of rotatable bonds is 11. The van der Waals surface area contributed by atoms with Crippen molar-refractivity contribution in [2.45, 2.75) is 52.9 Å². The molecule has 2 aromatic heterocycles. The number of hydrogen-bond acceptors (Lipinski definition) is 5. The predicted molar refractivity (Wildman–Crippen MR) is 126 cm³/mol. The van der Waals surface area contributed by atoms with Gasteiger partial charge in [-0.2, -0.15) is 9.61 Å². The van der Waals surface area contributed by atoms with Crippen molar-refractivity contribution < 1.29 is 4.74 Å². The Kier molecular flexibility index (Phi) is 7.80. The highest BCUT2D eigenvalue weighted by molar-refractivity contribution is 6.33. The molecule has 0 bridgehead atoms. The summed E-state index contributed by atoms with van der Waals surface area (Å²) in [6.45, 7) is 8.60. The molecule has 7 heteroatoms. The molecule has 0 aliphatic heterocycles. The number of nitrogens with one attached hydrogen (secondary N) is 1. The largest absolute Gasteiger partial charge is 0.497 e. The van der Waals surface area contributed by atoms with Crippen LogP contribution in [-0.2, 0) is 6.42 Å². The highest BCUT2D eigenvalue weighted by Gasteiger charge is 2.21. The predicted octanol–water partition coefficient (Wildman–Crippen LogP) is 6.10. The zero-order chi connectivity index (χ0) is 21.5. The topological polar surface area (TPSA) is 54.7 Å². The number of ether oxygens (including phenoxy) is 1. The number of nitrogens with zero attached hydrogens (tertiary/aromatic N) is 4. The van der Waals surface area contributed by atoms with Gasteiger partial charge in [0.25, 0.3) is 0 Å². The highest BCUT2D eigenvalue weighted by atomic mass is 35.5. The van der Waals surface area contributed by atoms with Crippen molar-refractivity contribution in [3.8, 4) is 5.75 Å². The van der Waals surface area contributed by atoms with E-state index in [9.17, 15) is 0 Å². The fourth-order valence-electron chi connectivity index (χ4n) is 3.69. The van der Waals surface area contributed by atoms with Crippen molar-refractivity contribution in [3.63, 3.8) is 0 Å². The number of unbranched alkanes of at least 4 members (excludes halogenated alkanes) is 1. The fraction of sp³-hybridized carbons (Fsp3) is 0.478. The summed E-state index contributed by atoms with van der Waals surface area (Å²) in [7, 11) is 1.64. The third kappa shape index (κ3) is 4.81. The van der Waals surface area contributed by atoms with Gasteiger partial charge in [0.2, 0.25) is 0 Å². The molecule has 0 unspecified atom stereocenters. The first kappa shape index (κ1) is 22.2. The van der Waals surface area contributed by atoms with Gasteiger partial charge in [-0.05, 0) is 37.8 Å². The maximum atomic E-state index is 6.52. The number of halogens is 1. The Morgan fingerprint density at radius 3 is 2.50 bits per heavy atom. The molecule has 0 amide bonds. The van der Waals surface area contributed by atoms with Gasteiger partial charge in [0.1, 0.15) is 17.4 Å². The maximum absolute atomic E-state index is 6.52. The molecule has 0 fully saturated rings. The molecule has 0 aliphatic carbocycles.